The molecule has 7 nitrogen and oxygen atoms in total. The van der Waals surface area contributed by atoms with Crippen molar-refractivity contribution in [3.8, 4) is 0 Å². The smallest absolute Gasteiger partial charge is 0.339 e. The van der Waals surface area contributed by atoms with Gasteiger partial charge in [0.1, 0.15) is 11.4 Å². The van der Waals surface area contributed by atoms with Crippen LogP contribution in [0.15, 0.2) is 41.4 Å². The van der Waals surface area contributed by atoms with Gasteiger partial charge < -0.3 is 10.0 Å². The van der Waals surface area contributed by atoms with E-state index in [1.807, 2.05) is 4.90 Å². The lowest BCUT2D eigenvalue weighted by atomic mass is 10.2. The van der Waals surface area contributed by atoms with Crippen molar-refractivity contribution in [1.29, 1.82) is 0 Å². The van der Waals surface area contributed by atoms with Gasteiger partial charge in [0.15, 0.2) is 0 Å². The number of nitrogens with zero attached hydrogens (tertiary/aromatic N) is 2. The first-order chi connectivity index (χ1) is 11.9. The van der Waals surface area contributed by atoms with Crippen molar-refractivity contribution in [3.05, 3.63) is 47.7 Å². The topological polar surface area (TPSA) is 99.6 Å². The molecule has 0 amide bonds. The lowest BCUT2D eigenvalue weighted by Crippen LogP contribution is -2.22. The number of hydrogen-bond donors (Lipinski definition) is 2. The van der Waals surface area contributed by atoms with E-state index in [1.54, 1.807) is 25.1 Å². The predicted molar refractivity (Wildman–Crippen MR) is 94.6 cm³/mol. The second-order valence-electron chi connectivity index (χ2n) is 6.02. The number of sulfonamides is 1. The highest BCUT2D eigenvalue weighted by molar-refractivity contribution is 7.92. The fourth-order valence-corrected chi connectivity index (χ4v) is 3.99. The van der Waals surface area contributed by atoms with Crippen LogP contribution in [-0.4, -0.2) is 37.6 Å². The highest BCUT2D eigenvalue weighted by atomic mass is 32.2. The van der Waals surface area contributed by atoms with Crippen LogP contribution >= 0.6 is 0 Å². The molecule has 0 bridgehead atoms. The molecular weight excluding hydrogens is 342 g/mol. The molecule has 1 aromatic heterocycles. The molecule has 25 heavy (non-hydrogen) atoms. The maximum atomic E-state index is 12.5. The largest absolute Gasteiger partial charge is 0.478 e. The number of carboxylic acids is 1. The summed E-state index contributed by atoms with van der Waals surface area (Å²) >= 11 is 0. The molecule has 2 heterocycles. The highest BCUT2D eigenvalue weighted by Gasteiger charge is 2.22. The Morgan fingerprint density at radius 2 is 1.96 bits per heavy atom. The van der Waals surface area contributed by atoms with E-state index in [9.17, 15) is 18.3 Å². The van der Waals surface area contributed by atoms with E-state index in [1.165, 1.54) is 18.3 Å². The summed E-state index contributed by atoms with van der Waals surface area (Å²) < 4.78 is 27.4. The molecule has 0 saturated carbocycles. The van der Waals surface area contributed by atoms with E-state index in [4.69, 9.17) is 0 Å². The van der Waals surface area contributed by atoms with Crippen LogP contribution in [0.25, 0.3) is 0 Å². The van der Waals surface area contributed by atoms with Crippen molar-refractivity contribution in [2.75, 3.05) is 22.7 Å². The maximum Gasteiger partial charge on any atom is 0.339 e. The first kappa shape index (κ1) is 17.2. The van der Waals surface area contributed by atoms with Crippen LogP contribution in [0, 0.1) is 6.92 Å². The van der Waals surface area contributed by atoms with Gasteiger partial charge in [0.05, 0.1) is 16.8 Å². The van der Waals surface area contributed by atoms with Crippen LogP contribution in [0.4, 0.5) is 11.5 Å². The summed E-state index contributed by atoms with van der Waals surface area (Å²) in [6, 6.07) is 7.80. The lowest BCUT2D eigenvalue weighted by molar-refractivity contribution is 0.0697. The van der Waals surface area contributed by atoms with E-state index in [0.29, 0.717) is 5.82 Å². The van der Waals surface area contributed by atoms with E-state index < -0.39 is 16.0 Å². The van der Waals surface area contributed by atoms with Crippen molar-refractivity contribution in [3.63, 3.8) is 0 Å². The van der Waals surface area contributed by atoms with Gasteiger partial charge in [-0.2, -0.15) is 0 Å². The minimum Gasteiger partial charge on any atom is -0.478 e. The summed E-state index contributed by atoms with van der Waals surface area (Å²) in [5, 5.41) is 9.46. The molecule has 0 spiro atoms. The van der Waals surface area contributed by atoms with Crippen molar-refractivity contribution in [2.24, 2.45) is 0 Å². The number of aromatic nitrogens is 1. The van der Waals surface area contributed by atoms with Crippen LogP contribution in [0.5, 0.6) is 0 Å². The van der Waals surface area contributed by atoms with Gasteiger partial charge in [0.2, 0.25) is 0 Å². The zero-order valence-electron chi connectivity index (χ0n) is 13.8. The number of nitrogens with one attached hydrogen (secondary N) is 1. The van der Waals surface area contributed by atoms with Gasteiger partial charge in [-0.05, 0) is 43.5 Å². The van der Waals surface area contributed by atoms with Gasteiger partial charge in [-0.25, -0.2) is 18.2 Å². The molecule has 132 valence electrons. The molecule has 0 unspecified atom stereocenters. The second kappa shape index (κ2) is 6.72. The number of hydrogen-bond acceptors (Lipinski definition) is 5. The molecule has 0 radical (unpaired) electrons. The predicted octanol–water partition coefficient (Wildman–Crippen LogP) is 2.49. The summed E-state index contributed by atoms with van der Waals surface area (Å²) in [5.41, 5.74) is 0.935. The Bertz CT molecular complexity index is 906. The fourth-order valence-electron chi connectivity index (χ4n) is 2.85. The summed E-state index contributed by atoms with van der Waals surface area (Å²) in [6.45, 7) is 3.30. The monoisotopic (exact) mass is 361 g/mol. The van der Waals surface area contributed by atoms with E-state index in [0.717, 1.165) is 31.5 Å². The second-order valence-corrected chi connectivity index (χ2v) is 7.70. The number of anilines is 2. The standard InChI is InChI=1S/C17H19N3O4S/c1-12-5-4-6-14(9-12)25(23,24)19-13-10-15(17(21)22)16(18-11-13)20-7-2-3-8-20/h4-6,9-11,19H,2-3,7-8H2,1H3,(H,21,22). The zero-order valence-corrected chi connectivity index (χ0v) is 14.6. The summed E-state index contributed by atoms with van der Waals surface area (Å²) in [4.78, 5) is 17.8. The number of aromatic carboxylic acids is 1. The van der Waals surface area contributed by atoms with Gasteiger partial charge >= 0.3 is 5.97 Å². The first-order valence-corrected chi connectivity index (χ1v) is 9.43. The van der Waals surface area contributed by atoms with E-state index in [-0.39, 0.29) is 16.1 Å². The molecule has 1 aliphatic heterocycles. The molecule has 1 aromatic carbocycles. The molecule has 0 aliphatic carbocycles. The summed E-state index contributed by atoms with van der Waals surface area (Å²) in [7, 11) is -3.81. The number of pyridine rings is 1. The Morgan fingerprint density at radius 3 is 2.60 bits per heavy atom. The SMILES string of the molecule is Cc1cccc(S(=O)(=O)Nc2cnc(N3CCCC3)c(C(=O)O)c2)c1. The van der Waals surface area contributed by atoms with Crippen LogP contribution in [-0.2, 0) is 10.0 Å². The summed E-state index contributed by atoms with van der Waals surface area (Å²) in [5.74, 6) is -0.755. The molecule has 3 rings (SSSR count). The number of aryl methyl sites for hydroxylation is 1. The number of rotatable bonds is 5. The van der Waals surface area contributed by atoms with Gasteiger partial charge in [0.25, 0.3) is 10.0 Å². The van der Waals surface area contributed by atoms with Crippen LogP contribution in [0.2, 0.25) is 0 Å². The Kier molecular flexibility index (Phi) is 4.63. The Balaban J connectivity index is 1.92. The highest BCUT2D eigenvalue weighted by Crippen LogP contribution is 2.26. The summed E-state index contributed by atoms with van der Waals surface area (Å²) in [6.07, 6.45) is 3.33. The molecule has 1 aliphatic rings. The van der Waals surface area contributed by atoms with Crippen molar-refractivity contribution in [2.45, 2.75) is 24.7 Å². The molecule has 0 atom stereocenters. The normalized spacial score (nSPS) is 14.5. The molecule has 2 N–H and O–H groups in total. The first-order valence-electron chi connectivity index (χ1n) is 7.94. The fraction of sp³-hybridized carbons (Fsp3) is 0.294. The van der Waals surface area contributed by atoms with Crippen LogP contribution < -0.4 is 9.62 Å². The molecule has 1 saturated heterocycles. The van der Waals surface area contributed by atoms with Crippen LogP contribution in [0.1, 0.15) is 28.8 Å². The number of benzene rings is 1. The Hall–Kier alpha value is -2.61. The Morgan fingerprint density at radius 1 is 1.24 bits per heavy atom. The quantitative estimate of drug-likeness (QED) is 0.849. The van der Waals surface area contributed by atoms with E-state index in [2.05, 4.69) is 9.71 Å². The molecule has 2 aromatic rings. The van der Waals surface area contributed by atoms with E-state index >= 15 is 0 Å². The van der Waals surface area contributed by atoms with Crippen molar-refractivity contribution in [1.82, 2.24) is 4.98 Å². The van der Waals surface area contributed by atoms with Gasteiger partial charge in [-0.1, -0.05) is 12.1 Å². The Labute approximate surface area is 146 Å². The number of carbonyl (C=O) groups is 1. The average Bonchev–Trinajstić information content (AvgIpc) is 3.08. The number of carboxylic acid groups (broad SMARTS) is 1. The molecule has 1 fully saturated rings. The third-order valence-electron chi connectivity index (χ3n) is 4.05. The lowest BCUT2D eigenvalue weighted by Gasteiger charge is -2.19. The molecular formula is C17H19N3O4S. The molecule has 8 heteroatoms. The van der Waals surface area contributed by atoms with Gasteiger partial charge in [-0.15, -0.1) is 0 Å². The third-order valence-corrected chi connectivity index (χ3v) is 5.43. The van der Waals surface area contributed by atoms with Crippen molar-refractivity contribution < 1.29 is 18.3 Å². The average molecular weight is 361 g/mol. The third kappa shape index (κ3) is 3.74. The maximum absolute atomic E-state index is 12.5. The zero-order chi connectivity index (χ0) is 18.0. The minimum atomic E-state index is -3.81. The van der Waals surface area contributed by atoms with Crippen molar-refractivity contribution >= 4 is 27.5 Å². The van der Waals surface area contributed by atoms with Gasteiger partial charge in [0, 0.05) is 13.1 Å². The van der Waals surface area contributed by atoms with Crippen LogP contribution in [0.3, 0.4) is 0 Å². The minimum absolute atomic E-state index is 0.00802. The van der Waals surface area contributed by atoms with Gasteiger partial charge in [-0.3, -0.25) is 4.72 Å².